The zero-order valence-electron chi connectivity index (χ0n) is 8.25. The second kappa shape index (κ2) is 3.14. The first-order chi connectivity index (χ1) is 6.22. The van der Waals surface area contributed by atoms with Gasteiger partial charge in [-0.15, -0.1) is 0 Å². The second-order valence-corrected chi connectivity index (χ2v) is 3.72. The van der Waals surface area contributed by atoms with Crippen LogP contribution in [0.5, 0.6) is 0 Å². The van der Waals surface area contributed by atoms with Gasteiger partial charge in [0.2, 0.25) is 0 Å². The van der Waals surface area contributed by atoms with Crippen molar-refractivity contribution in [2.75, 3.05) is 0 Å². The van der Waals surface area contributed by atoms with Crippen LogP contribution in [0, 0.1) is 6.92 Å². The number of rotatable bonds is 1. The molecule has 1 aliphatic rings. The number of nitrogens with zero attached hydrogens (tertiary/aromatic N) is 2. The third-order valence-corrected chi connectivity index (χ3v) is 2.82. The van der Waals surface area contributed by atoms with Gasteiger partial charge in [0.05, 0.1) is 11.8 Å². The van der Waals surface area contributed by atoms with Gasteiger partial charge in [-0.3, -0.25) is 4.68 Å². The number of hydrogen-bond donors (Lipinski definition) is 1. The van der Waals surface area contributed by atoms with Crippen molar-refractivity contribution >= 4 is 0 Å². The molecule has 1 atom stereocenters. The minimum Gasteiger partial charge on any atom is -0.393 e. The van der Waals surface area contributed by atoms with Crippen molar-refractivity contribution in [2.24, 2.45) is 0 Å². The second-order valence-electron chi connectivity index (χ2n) is 3.72. The van der Waals surface area contributed by atoms with E-state index in [4.69, 9.17) is 0 Å². The van der Waals surface area contributed by atoms with E-state index in [1.807, 2.05) is 6.92 Å². The SMILES string of the molecule is CCn1nc(C)c2c1CCC(O)C2. The number of hydrogen-bond acceptors (Lipinski definition) is 2. The molecule has 1 aromatic rings. The van der Waals surface area contributed by atoms with Gasteiger partial charge in [0.25, 0.3) is 0 Å². The minimum atomic E-state index is -0.152. The fourth-order valence-electron chi connectivity index (χ4n) is 2.11. The van der Waals surface area contributed by atoms with Gasteiger partial charge >= 0.3 is 0 Å². The van der Waals surface area contributed by atoms with E-state index >= 15 is 0 Å². The predicted molar refractivity (Wildman–Crippen MR) is 50.7 cm³/mol. The summed E-state index contributed by atoms with van der Waals surface area (Å²) < 4.78 is 2.07. The van der Waals surface area contributed by atoms with Crippen molar-refractivity contribution in [2.45, 2.75) is 45.8 Å². The van der Waals surface area contributed by atoms with Crippen LogP contribution in [0.1, 0.15) is 30.3 Å². The lowest BCUT2D eigenvalue weighted by molar-refractivity contribution is 0.157. The maximum atomic E-state index is 9.53. The van der Waals surface area contributed by atoms with Crippen LogP contribution in [0.15, 0.2) is 0 Å². The molecule has 0 amide bonds. The molecule has 1 N–H and O–H groups in total. The molecule has 0 aromatic carbocycles. The van der Waals surface area contributed by atoms with Gasteiger partial charge in [-0.1, -0.05) is 0 Å². The van der Waals surface area contributed by atoms with E-state index < -0.39 is 0 Å². The molecule has 3 heteroatoms. The van der Waals surface area contributed by atoms with Crippen LogP contribution in [-0.4, -0.2) is 21.0 Å². The summed E-state index contributed by atoms with van der Waals surface area (Å²) >= 11 is 0. The van der Waals surface area contributed by atoms with Crippen molar-refractivity contribution in [3.63, 3.8) is 0 Å². The Hall–Kier alpha value is -0.830. The van der Waals surface area contributed by atoms with Crippen molar-refractivity contribution in [1.29, 1.82) is 0 Å². The Morgan fingerprint density at radius 3 is 3.08 bits per heavy atom. The first kappa shape index (κ1) is 8.75. The average molecular weight is 180 g/mol. The quantitative estimate of drug-likeness (QED) is 0.701. The van der Waals surface area contributed by atoms with Gasteiger partial charge in [-0.2, -0.15) is 5.10 Å². The number of aryl methyl sites for hydroxylation is 2. The molecule has 0 aliphatic heterocycles. The molecule has 13 heavy (non-hydrogen) atoms. The molecule has 72 valence electrons. The molecule has 0 bridgehead atoms. The Kier molecular flexibility index (Phi) is 2.12. The number of aliphatic hydroxyl groups is 1. The van der Waals surface area contributed by atoms with Crippen molar-refractivity contribution in [3.05, 3.63) is 17.0 Å². The summed E-state index contributed by atoms with van der Waals surface area (Å²) in [5.41, 5.74) is 3.71. The Labute approximate surface area is 78.4 Å². The molecule has 3 nitrogen and oxygen atoms in total. The monoisotopic (exact) mass is 180 g/mol. The van der Waals surface area contributed by atoms with Crippen LogP contribution >= 0.6 is 0 Å². The van der Waals surface area contributed by atoms with E-state index in [1.54, 1.807) is 0 Å². The summed E-state index contributed by atoms with van der Waals surface area (Å²) in [6, 6.07) is 0. The van der Waals surface area contributed by atoms with Gasteiger partial charge in [0, 0.05) is 18.7 Å². The van der Waals surface area contributed by atoms with Gasteiger partial charge < -0.3 is 5.11 Å². The molecule has 0 saturated heterocycles. The van der Waals surface area contributed by atoms with Crippen LogP contribution in [-0.2, 0) is 19.4 Å². The van der Waals surface area contributed by atoms with Gasteiger partial charge in [0.15, 0.2) is 0 Å². The largest absolute Gasteiger partial charge is 0.393 e. The lowest BCUT2D eigenvalue weighted by Crippen LogP contribution is -2.20. The molecule has 0 spiro atoms. The molecule has 2 rings (SSSR count). The van der Waals surface area contributed by atoms with Gasteiger partial charge in [-0.05, 0) is 32.3 Å². The van der Waals surface area contributed by atoms with E-state index in [-0.39, 0.29) is 6.10 Å². The summed E-state index contributed by atoms with van der Waals surface area (Å²) in [4.78, 5) is 0. The summed E-state index contributed by atoms with van der Waals surface area (Å²) in [6.07, 6.45) is 2.51. The van der Waals surface area contributed by atoms with Crippen molar-refractivity contribution in [1.82, 2.24) is 9.78 Å². The van der Waals surface area contributed by atoms with Gasteiger partial charge in [-0.25, -0.2) is 0 Å². The van der Waals surface area contributed by atoms with E-state index in [2.05, 4.69) is 16.7 Å². The van der Waals surface area contributed by atoms with E-state index in [0.29, 0.717) is 0 Å². The first-order valence-electron chi connectivity index (χ1n) is 4.95. The summed E-state index contributed by atoms with van der Waals surface area (Å²) in [7, 11) is 0. The lowest BCUT2D eigenvalue weighted by Gasteiger charge is -2.18. The Morgan fingerprint density at radius 2 is 2.38 bits per heavy atom. The molecular formula is C10H16N2O. The molecular weight excluding hydrogens is 164 g/mol. The Morgan fingerprint density at radius 1 is 1.62 bits per heavy atom. The highest BCUT2D eigenvalue weighted by molar-refractivity contribution is 5.28. The van der Waals surface area contributed by atoms with Crippen LogP contribution in [0.25, 0.3) is 0 Å². The highest BCUT2D eigenvalue weighted by Gasteiger charge is 2.22. The molecule has 0 radical (unpaired) electrons. The smallest absolute Gasteiger partial charge is 0.0629 e. The Balaban J connectivity index is 2.42. The summed E-state index contributed by atoms with van der Waals surface area (Å²) in [6.45, 7) is 5.08. The summed E-state index contributed by atoms with van der Waals surface area (Å²) in [5, 5.41) is 14.0. The fourth-order valence-corrected chi connectivity index (χ4v) is 2.11. The third kappa shape index (κ3) is 1.37. The fraction of sp³-hybridized carbons (Fsp3) is 0.700. The molecule has 1 aliphatic carbocycles. The molecule has 1 unspecified atom stereocenters. The standard InChI is InChI=1S/C10H16N2O/c1-3-12-10-5-4-8(13)6-9(10)7(2)11-12/h8,13H,3-6H2,1-2H3. The minimum absolute atomic E-state index is 0.152. The van der Waals surface area contributed by atoms with Crippen molar-refractivity contribution in [3.8, 4) is 0 Å². The van der Waals surface area contributed by atoms with E-state index in [0.717, 1.165) is 31.5 Å². The van der Waals surface area contributed by atoms with Crippen LogP contribution in [0.4, 0.5) is 0 Å². The van der Waals surface area contributed by atoms with Gasteiger partial charge in [0.1, 0.15) is 0 Å². The molecule has 0 fully saturated rings. The van der Waals surface area contributed by atoms with E-state index in [1.165, 1.54) is 11.3 Å². The number of fused-ring (bicyclic) bond motifs is 1. The number of aliphatic hydroxyl groups excluding tert-OH is 1. The van der Waals surface area contributed by atoms with Crippen LogP contribution < -0.4 is 0 Å². The highest BCUT2D eigenvalue weighted by atomic mass is 16.3. The normalized spacial score (nSPS) is 21.6. The van der Waals surface area contributed by atoms with Crippen LogP contribution in [0.3, 0.4) is 0 Å². The Bertz CT molecular complexity index is 317. The van der Waals surface area contributed by atoms with E-state index in [9.17, 15) is 5.11 Å². The maximum Gasteiger partial charge on any atom is 0.0629 e. The maximum absolute atomic E-state index is 9.53. The first-order valence-corrected chi connectivity index (χ1v) is 4.95. The molecule has 0 saturated carbocycles. The zero-order chi connectivity index (χ0) is 9.42. The highest BCUT2D eigenvalue weighted by Crippen LogP contribution is 2.24. The zero-order valence-corrected chi connectivity index (χ0v) is 8.25. The lowest BCUT2D eigenvalue weighted by atomic mass is 9.94. The third-order valence-electron chi connectivity index (χ3n) is 2.82. The topological polar surface area (TPSA) is 38.0 Å². The summed E-state index contributed by atoms with van der Waals surface area (Å²) in [5.74, 6) is 0. The average Bonchev–Trinajstić information content (AvgIpc) is 2.43. The molecule has 1 aromatic heterocycles. The number of aromatic nitrogens is 2. The van der Waals surface area contributed by atoms with Crippen molar-refractivity contribution < 1.29 is 5.11 Å². The predicted octanol–water partition coefficient (Wildman–Crippen LogP) is 1.06. The van der Waals surface area contributed by atoms with Crippen LogP contribution in [0.2, 0.25) is 0 Å². The molecule has 1 heterocycles.